The Morgan fingerprint density at radius 2 is 0.746 bits per heavy atom. The van der Waals surface area contributed by atoms with Crippen molar-refractivity contribution < 1.29 is 37.9 Å². The smallest absolute Gasteiger partial charge is 0.119 e. The Kier molecular flexibility index (Phi) is 20.0. The molecule has 0 saturated carbocycles. The molecule has 0 bridgehead atoms. The van der Waals surface area contributed by atoms with E-state index in [0.29, 0.717) is 104 Å². The fourth-order valence-electron chi connectivity index (χ4n) is 6.34. The summed E-state index contributed by atoms with van der Waals surface area (Å²) in [6, 6.07) is 24.1. The molecule has 4 aromatic heterocycles. The molecule has 19 heteroatoms. The average molecular weight is 1170 g/mol. The van der Waals surface area contributed by atoms with Crippen LogP contribution in [0, 0.1) is 0 Å². The molecule has 0 aliphatic heterocycles. The summed E-state index contributed by atoms with van der Waals surface area (Å²) in [6.07, 6.45) is 0. The Bertz CT molecular complexity index is 2310. The fourth-order valence-corrected chi connectivity index (χ4v) is 10.2. The summed E-state index contributed by atoms with van der Waals surface area (Å²) in [4.78, 5) is 13.1. The van der Waals surface area contributed by atoms with Crippen molar-refractivity contribution in [3.05, 3.63) is 80.4 Å². The predicted octanol–water partition coefficient (Wildman–Crippen LogP) is 11.6. The van der Waals surface area contributed by atoms with E-state index in [1.807, 2.05) is 60.7 Å². The molecule has 0 saturated heterocycles. The topological polar surface area (TPSA) is 125 Å². The lowest BCUT2D eigenvalue weighted by molar-refractivity contribution is 0.0119. The molecule has 12 nitrogen and oxygen atoms in total. The second kappa shape index (κ2) is 26.0. The molecule has 7 aromatic rings. The number of alkyl halides is 2. The summed E-state index contributed by atoms with van der Waals surface area (Å²) in [5.41, 5.74) is 8.04. The van der Waals surface area contributed by atoms with Crippen molar-refractivity contribution in [3.8, 4) is 54.9 Å². The zero-order valence-electron chi connectivity index (χ0n) is 34.0. The fraction of sp³-hybridized carbons (Fsp3) is 0.364. The standard InChI is InChI=1S/C44H44Br4N4O8S3/c45-13-15-53-17-19-55-21-23-57-25-27-59-31-5-1-29(2-6-31)39-40(30-3-7-32(8-4-30)60-28-26-58-24-22-56-20-18-54-16-14-46)50-42-38(34-10-12-36(48)62-34)44-43(51-63-52-44)37(41(42)49-39)33-9-11-35(47)61-33/h1-12H,13-28H2. The van der Waals surface area contributed by atoms with Crippen molar-refractivity contribution in [1.82, 2.24) is 18.7 Å². The van der Waals surface area contributed by atoms with Gasteiger partial charge in [0.15, 0.2) is 0 Å². The number of ether oxygens (including phenoxy) is 8. The first kappa shape index (κ1) is 48.4. The van der Waals surface area contributed by atoms with E-state index in [-0.39, 0.29) is 0 Å². The maximum absolute atomic E-state index is 6.05. The van der Waals surface area contributed by atoms with Crippen LogP contribution in [0.3, 0.4) is 0 Å². The highest BCUT2D eigenvalue weighted by atomic mass is 79.9. The van der Waals surface area contributed by atoms with Crippen molar-refractivity contribution in [3.63, 3.8) is 0 Å². The van der Waals surface area contributed by atoms with Gasteiger partial charge in [-0.1, -0.05) is 31.9 Å². The third kappa shape index (κ3) is 13.8. The van der Waals surface area contributed by atoms with E-state index in [1.54, 1.807) is 22.7 Å². The van der Waals surface area contributed by atoms with Gasteiger partial charge in [-0.05, 0) is 105 Å². The molecule has 7 rings (SSSR count). The molecule has 0 radical (unpaired) electrons. The van der Waals surface area contributed by atoms with Gasteiger partial charge in [-0.2, -0.15) is 8.75 Å². The molecular weight excluding hydrogens is 1130 g/mol. The van der Waals surface area contributed by atoms with Gasteiger partial charge in [0.2, 0.25) is 0 Å². The monoisotopic (exact) mass is 1170 g/mol. The van der Waals surface area contributed by atoms with Crippen molar-refractivity contribution in [1.29, 1.82) is 0 Å². The Hall–Kier alpha value is -2.50. The zero-order chi connectivity index (χ0) is 43.6. The van der Waals surface area contributed by atoms with Gasteiger partial charge in [0.1, 0.15) is 46.8 Å². The highest BCUT2D eigenvalue weighted by Crippen LogP contribution is 2.47. The lowest BCUT2D eigenvalue weighted by Crippen LogP contribution is -2.13. The van der Waals surface area contributed by atoms with E-state index in [9.17, 15) is 0 Å². The van der Waals surface area contributed by atoms with Crippen molar-refractivity contribution in [2.75, 3.05) is 103 Å². The molecule has 0 amide bonds. The Labute approximate surface area is 411 Å². The number of thiophene rings is 2. The van der Waals surface area contributed by atoms with Gasteiger partial charge in [-0.15, -0.1) is 22.7 Å². The van der Waals surface area contributed by atoms with E-state index < -0.39 is 0 Å². The van der Waals surface area contributed by atoms with Crippen LogP contribution < -0.4 is 9.47 Å². The molecule has 0 fully saturated rings. The van der Waals surface area contributed by atoms with Crippen LogP contribution in [0.5, 0.6) is 11.5 Å². The minimum absolute atomic E-state index is 0.399. The summed E-state index contributed by atoms with van der Waals surface area (Å²) in [6.45, 7) is 7.19. The summed E-state index contributed by atoms with van der Waals surface area (Å²) >= 11 is 18.5. The summed E-state index contributed by atoms with van der Waals surface area (Å²) < 4.78 is 57.1. The van der Waals surface area contributed by atoms with E-state index >= 15 is 0 Å². The Morgan fingerprint density at radius 3 is 1.08 bits per heavy atom. The molecule has 3 aromatic carbocycles. The van der Waals surface area contributed by atoms with Crippen LogP contribution in [0.15, 0.2) is 80.4 Å². The SMILES string of the molecule is BrCCOCCOCCOCCOc1ccc(-c2nc3c(-c4ccc(Br)s4)c4nsnc4c(-c4ccc(Br)s4)c3nc2-c2ccc(OCCOCCOCCOCCBr)cc2)cc1. The van der Waals surface area contributed by atoms with Crippen molar-refractivity contribution >= 4 is 120 Å². The lowest BCUT2D eigenvalue weighted by atomic mass is 9.99. The minimum Gasteiger partial charge on any atom is -0.491 e. The molecule has 4 heterocycles. The summed E-state index contributed by atoms with van der Waals surface area (Å²) in [7, 11) is 0. The Balaban J connectivity index is 1.13. The zero-order valence-corrected chi connectivity index (χ0v) is 42.8. The first-order valence-electron chi connectivity index (χ1n) is 20.1. The van der Waals surface area contributed by atoms with Crippen LogP contribution in [0.25, 0.3) is 65.5 Å². The van der Waals surface area contributed by atoms with Crippen LogP contribution in [0.4, 0.5) is 0 Å². The molecule has 0 atom stereocenters. The average Bonchev–Trinajstić information content (AvgIpc) is 4.08. The second-order valence-electron chi connectivity index (χ2n) is 13.3. The van der Waals surface area contributed by atoms with Gasteiger partial charge < -0.3 is 37.9 Å². The van der Waals surface area contributed by atoms with Gasteiger partial charge >= 0.3 is 0 Å². The largest absolute Gasteiger partial charge is 0.491 e. The van der Waals surface area contributed by atoms with Gasteiger partial charge in [-0.3, -0.25) is 0 Å². The number of hydrogen-bond donors (Lipinski definition) is 0. The molecule has 0 aliphatic carbocycles. The number of hydrogen-bond acceptors (Lipinski definition) is 15. The normalized spacial score (nSPS) is 11.6. The van der Waals surface area contributed by atoms with E-state index in [2.05, 4.69) is 75.9 Å². The first-order valence-corrected chi connectivity index (χ1v) is 26.3. The number of rotatable bonds is 28. The highest BCUT2D eigenvalue weighted by molar-refractivity contribution is 9.11. The number of halogens is 4. The van der Waals surface area contributed by atoms with E-state index in [0.717, 1.165) is 83.8 Å². The number of benzene rings is 3. The van der Waals surface area contributed by atoms with Gasteiger partial charge in [-0.25, -0.2) is 9.97 Å². The highest BCUT2D eigenvalue weighted by Gasteiger charge is 2.26. The third-order valence-electron chi connectivity index (χ3n) is 9.15. The molecule has 0 unspecified atom stereocenters. The molecule has 334 valence electrons. The van der Waals surface area contributed by atoms with Crippen molar-refractivity contribution in [2.24, 2.45) is 0 Å². The van der Waals surface area contributed by atoms with Crippen LogP contribution >= 0.6 is 98.1 Å². The molecule has 0 aliphatic rings. The summed E-state index contributed by atoms with van der Waals surface area (Å²) in [5, 5.41) is 1.63. The predicted molar refractivity (Wildman–Crippen MR) is 267 cm³/mol. The molecule has 0 spiro atoms. The van der Waals surface area contributed by atoms with Gasteiger partial charge in [0.25, 0.3) is 0 Å². The van der Waals surface area contributed by atoms with Crippen molar-refractivity contribution in [2.45, 2.75) is 0 Å². The van der Waals surface area contributed by atoms with Crippen LogP contribution in [-0.2, 0) is 28.4 Å². The summed E-state index contributed by atoms with van der Waals surface area (Å²) in [5.74, 6) is 1.44. The Morgan fingerprint density at radius 1 is 0.397 bits per heavy atom. The van der Waals surface area contributed by atoms with Gasteiger partial charge in [0, 0.05) is 42.7 Å². The van der Waals surface area contributed by atoms with Crippen LogP contribution in [0.1, 0.15) is 0 Å². The number of nitrogens with zero attached hydrogens (tertiary/aromatic N) is 4. The maximum atomic E-state index is 6.05. The van der Waals surface area contributed by atoms with Gasteiger partial charge in [0.05, 0.1) is 110 Å². The quantitative estimate of drug-likeness (QED) is 0.0342. The number of fused-ring (bicyclic) bond motifs is 2. The number of aromatic nitrogens is 4. The van der Waals surface area contributed by atoms with Crippen LogP contribution in [0.2, 0.25) is 0 Å². The molecule has 63 heavy (non-hydrogen) atoms. The van der Waals surface area contributed by atoms with Crippen LogP contribution in [-0.4, -0.2) is 122 Å². The molecule has 0 N–H and O–H groups in total. The second-order valence-corrected chi connectivity index (χ2v) is 20.4. The lowest BCUT2D eigenvalue weighted by Gasteiger charge is -2.16. The minimum atomic E-state index is 0.399. The third-order valence-corrected chi connectivity index (χ3v) is 13.6. The first-order chi connectivity index (χ1) is 31.0. The maximum Gasteiger partial charge on any atom is 0.119 e. The van der Waals surface area contributed by atoms with E-state index in [1.165, 1.54) is 11.7 Å². The van der Waals surface area contributed by atoms with E-state index in [4.69, 9.17) is 56.6 Å². The molecular formula is C44H44Br4N4O8S3.